The van der Waals surface area contributed by atoms with E-state index < -0.39 is 7.60 Å². The van der Waals surface area contributed by atoms with E-state index in [1.165, 1.54) is 12.8 Å². The molecule has 0 spiro atoms. The van der Waals surface area contributed by atoms with Crippen LogP contribution in [0.5, 0.6) is 0 Å². The molecule has 2 unspecified atom stereocenters. The minimum absolute atomic E-state index is 0.214. The van der Waals surface area contributed by atoms with Crippen LogP contribution < -0.4 is 5.48 Å². The van der Waals surface area contributed by atoms with Gasteiger partial charge in [-0.1, -0.05) is 40.0 Å². The highest BCUT2D eigenvalue weighted by Crippen LogP contribution is 2.40. The molecular weight excluding hydrogens is 225 g/mol. The minimum atomic E-state index is -3.40. The predicted molar refractivity (Wildman–Crippen MR) is 67.4 cm³/mol. The summed E-state index contributed by atoms with van der Waals surface area (Å²) in [6.45, 7) is 6.82. The van der Waals surface area contributed by atoms with Crippen molar-refractivity contribution in [1.29, 1.82) is 0 Å². The normalized spacial score (nSPS) is 17.0. The van der Waals surface area contributed by atoms with Crippen LogP contribution in [0, 0.1) is 5.92 Å². The van der Waals surface area contributed by atoms with Crippen molar-refractivity contribution in [2.24, 2.45) is 5.92 Å². The Balaban J connectivity index is 3.72. The van der Waals surface area contributed by atoms with Crippen molar-refractivity contribution in [2.75, 3.05) is 12.7 Å². The van der Waals surface area contributed by atoms with Gasteiger partial charge >= 0.3 is 7.60 Å². The van der Waals surface area contributed by atoms with Crippen LogP contribution in [-0.4, -0.2) is 17.6 Å². The van der Waals surface area contributed by atoms with E-state index in [2.05, 4.69) is 19.3 Å². The average molecular weight is 251 g/mol. The molecular formula is C11H26NO3P. The van der Waals surface area contributed by atoms with Crippen molar-refractivity contribution in [1.82, 2.24) is 5.48 Å². The molecule has 0 saturated carbocycles. The molecule has 0 amide bonds. The van der Waals surface area contributed by atoms with E-state index in [1.807, 2.05) is 6.92 Å². The van der Waals surface area contributed by atoms with E-state index in [-0.39, 0.29) is 6.16 Å². The quantitative estimate of drug-likeness (QED) is 0.462. The number of hydroxylamine groups is 1. The van der Waals surface area contributed by atoms with Crippen molar-refractivity contribution in [3.05, 3.63) is 0 Å². The molecule has 0 aliphatic rings. The second-order valence-corrected chi connectivity index (χ2v) is 6.12. The van der Waals surface area contributed by atoms with Gasteiger partial charge in [0.1, 0.15) is 0 Å². The summed E-state index contributed by atoms with van der Waals surface area (Å²) < 4.78 is 16.2. The second-order valence-electron chi connectivity index (χ2n) is 4.22. The van der Waals surface area contributed by atoms with E-state index in [0.29, 0.717) is 18.9 Å². The molecule has 0 bridgehead atoms. The average Bonchev–Trinajstić information content (AvgIpc) is 2.22. The van der Waals surface area contributed by atoms with Crippen LogP contribution in [0.3, 0.4) is 0 Å². The van der Waals surface area contributed by atoms with Crippen LogP contribution in [0.25, 0.3) is 0 Å². The summed E-state index contributed by atoms with van der Waals surface area (Å²) in [6.07, 6.45) is 5.47. The Morgan fingerprint density at radius 1 is 1.31 bits per heavy atom. The summed E-state index contributed by atoms with van der Waals surface area (Å²) in [7, 11) is -3.40. The largest absolute Gasteiger partial charge is 0.344 e. The lowest BCUT2D eigenvalue weighted by atomic mass is 10.00. The number of rotatable bonds is 10. The summed E-state index contributed by atoms with van der Waals surface area (Å²) in [5, 5.41) is 0. The molecule has 0 rings (SSSR count). The lowest BCUT2D eigenvalue weighted by Crippen LogP contribution is -2.22. The monoisotopic (exact) mass is 251 g/mol. The lowest BCUT2D eigenvalue weighted by molar-refractivity contribution is 0.147. The Morgan fingerprint density at radius 3 is 2.50 bits per heavy atom. The molecule has 0 radical (unpaired) electrons. The summed E-state index contributed by atoms with van der Waals surface area (Å²) in [5.41, 5.74) is 2.66. The zero-order valence-corrected chi connectivity index (χ0v) is 11.6. The fourth-order valence-electron chi connectivity index (χ4n) is 1.53. The molecule has 0 aromatic rings. The second kappa shape index (κ2) is 9.17. The molecule has 0 aliphatic heterocycles. The van der Waals surface area contributed by atoms with Gasteiger partial charge in [0.2, 0.25) is 0 Å². The first-order valence-electron chi connectivity index (χ1n) is 6.29. The fraction of sp³-hybridized carbons (Fsp3) is 1.00. The molecule has 0 heterocycles. The highest BCUT2D eigenvalue weighted by atomic mass is 31.2. The fourth-order valence-corrected chi connectivity index (χ4v) is 2.46. The van der Waals surface area contributed by atoms with Gasteiger partial charge in [-0.2, -0.15) is 5.48 Å². The summed E-state index contributed by atoms with van der Waals surface area (Å²) in [5.74, 6) is 0.529. The molecule has 2 atom stereocenters. The molecule has 0 aromatic heterocycles. The van der Waals surface area contributed by atoms with Crippen molar-refractivity contribution < 1.29 is 14.1 Å². The van der Waals surface area contributed by atoms with E-state index >= 15 is 0 Å². The SMILES string of the molecule is CCCCC(CC)CNOP(=O)(O)CCC. The van der Waals surface area contributed by atoms with Gasteiger partial charge in [0.05, 0.1) is 6.16 Å². The zero-order chi connectivity index (χ0) is 12.4. The maximum absolute atomic E-state index is 11.4. The molecule has 4 nitrogen and oxygen atoms in total. The Labute approximate surface area is 99.3 Å². The van der Waals surface area contributed by atoms with Gasteiger partial charge in [-0.25, -0.2) is 4.62 Å². The third kappa shape index (κ3) is 8.28. The molecule has 5 heteroatoms. The van der Waals surface area contributed by atoms with Crippen molar-refractivity contribution in [3.8, 4) is 0 Å². The molecule has 2 N–H and O–H groups in total. The Morgan fingerprint density at radius 2 is 2.00 bits per heavy atom. The predicted octanol–water partition coefficient (Wildman–Crippen LogP) is 3.32. The summed E-state index contributed by atoms with van der Waals surface area (Å²) >= 11 is 0. The lowest BCUT2D eigenvalue weighted by Gasteiger charge is -2.17. The van der Waals surface area contributed by atoms with Gasteiger partial charge in [-0.3, -0.25) is 4.57 Å². The van der Waals surface area contributed by atoms with Crippen LogP contribution in [-0.2, 0) is 9.19 Å². The van der Waals surface area contributed by atoms with E-state index in [9.17, 15) is 9.46 Å². The van der Waals surface area contributed by atoms with Gasteiger partial charge in [0, 0.05) is 6.54 Å². The molecule has 0 saturated heterocycles. The maximum Gasteiger partial charge on any atom is 0.344 e. The van der Waals surface area contributed by atoms with Crippen LogP contribution in [0.15, 0.2) is 0 Å². The zero-order valence-electron chi connectivity index (χ0n) is 10.7. The Hall–Kier alpha value is 0.110. The van der Waals surface area contributed by atoms with Crippen molar-refractivity contribution in [3.63, 3.8) is 0 Å². The third-order valence-electron chi connectivity index (χ3n) is 2.63. The highest BCUT2D eigenvalue weighted by molar-refractivity contribution is 7.52. The van der Waals surface area contributed by atoms with Gasteiger partial charge in [0.15, 0.2) is 0 Å². The summed E-state index contributed by atoms with van der Waals surface area (Å²) in [6, 6.07) is 0. The topological polar surface area (TPSA) is 58.6 Å². The van der Waals surface area contributed by atoms with Crippen molar-refractivity contribution >= 4 is 7.60 Å². The first kappa shape index (κ1) is 16.1. The molecule has 0 fully saturated rings. The van der Waals surface area contributed by atoms with Crippen LogP contribution in [0.1, 0.15) is 52.9 Å². The number of hydrogen-bond acceptors (Lipinski definition) is 3. The Bertz CT molecular complexity index is 211. The number of unbranched alkanes of at least 4 members (excludes halogenated alkanes) is 1. The van der Waals surface area contributed by atoms with Gasteiger partial charge < -0.3 is 4.89 Å². The highest BCUT2D eigenvalue weighted by Gasteiger charge is 2.18. The van der Waals surface area contributed by atoms with E-state index in [0.717, 1.165) is 12.8 Å². The van der Waals surface area contributed by atoms with E-state index in [4.69, 9.17) is 4.62 Å². The first-order chi connectivity index (χ1) is 7.55. The maximum atomic E-state index is 11.4. The third-order valence-corrected chi connectivity index (χ3v) is 4.06. The van der Waals surface area contributed by atoms with Crippen molar-refractivity contribution in [2.45, 2.75) is 52.9 Å². The van der Waals surface area contributed by atoms with Gasteiger partial charge in [0.25, 0.3) is 0 Å². The Kier molecular flexibility index (Phi) is 9.24. The van der Waals surface area contributed by atoms with Crippen LogP contribution >= 0.6 is 7.60 Å². The molecule has 0 aromatic carbocycles. The van der Waals surface area contributed by atoms with Gasteiger partial charge in [-0.05, 0) is 18.8 Å². The number of hydrogen-bond donors (Lipinski definition) is 2. The van der Waals surface area contributed by atoms with E-state index in [1.54, 1.807) is 0 Å². The van der Waals surface area contributed by atoms with Crippen LogP contribution in [0.4, 0.5) is 0 Å². The molecule has 0 aliphatic carbocycles. The standard InChI is InChI=1S/C11H26NO3P/c1-4-7-8-11(6-3)10-12-15-16(13,14)9-5-2/h11-12H,4-10H2,1-3H3,(H,13,14). The summed E-state index contributed by atoms with van der Waals surface area (Å²) in [4.78, 5) is 9.35. The molecule has 16 heavy (non-hydrogen) atoms. The first-order valence-corrected chi connectivity index (χ1v) is 8.05. The smallest absolute Gasteiger partial charge is 0.323 e. The van der Waals surface area contributed by atoms with Crippen LogP contribution in [0.2, 0.25) is 0 Å². The minimum Gasteiger partial charge on any atom is -0.323 e. The number of nitrogens with one attached hydrogen (secondary N) is 1. The molecule has 98 valence electrons. The van der Waals surface area contributed by atoms with Gasteiger partial charge in [-0.15, -0.1) is 0 Å².